The Hall–Kier alpha value is -0.570. The normalized spacial score (nSPS) is 28.9. The molecule has 0 radical (unpaired) electrons. The van der Waals surface area contributed by atoms with E-state index in [1.165, 1.54) is 12.8 Å². The van der Waals surface area contributed by atoms with Gasteiger partial charge in [0, 0.05) is 25.6 Å². The van der Waals surface area contributed by atoms with Crippen molar-refractivity contribution in [3.05, 3.63) is 0 Å². The lowest BCUT2D eigenvalue weighted by Gasteiger charge is -2.27. The monoisotopic (exact) mass is 168 g/mol. The molecule has 2 aliphatic rings. The van der Waals surface area contributed by atoms with Gasteiger partial charge in [-0.2, -0.15) is 0 Å². The molecule has 1 N–H and O–H groups in total. The second kappa shape index (κ2) is 3.05. The van der Waals surface area contributed by atoms with Crippen molar-refractivity contribution in [3.63, 3.8) is 0 Å². The predicted molar refractivity (Wildman–Crippen MR) is 46.8 cm³/mol. The van der Waals surface area contributed by atoms with Crippen molar-refractivity contribution in [2.45, 2.75) is 38.3 Å². The van der Waals surface area contributed by atoms with Gasteiger partial charge in [0.25, 0.3) is 0 Å². The molecule has 1 saturated carbocycles. The van der Waals surface area contributed by atoms with E-state index in [1.807, 2.05) is 0 Å². The molecule has 1 aliphatic heterocycles. The van der Waals surface area contributed by atoms with Gasteiger partial charge in [-0.1, -0.05) is 0 Å². The molecule has 0 unspecified atom stereocenters. The van der Waals surface area contributed by atoms with Crippen LogP contribution in [0.3, 0.4) is 0 Å². The lowest BCUT2D eigenvalue weighted by molar-refractivity contribution is -0.131. The minimum atomic E-state index is 0.256. The van der Waals surface area contributed by atoms with Crippen LogP contribution in [0.1, 0.15) is 26.2 Å². The molecule has 0 aromatic heterocycles. The van der Waals surface area contributed by atoms with Crippen LogP contribution in [0.15, 0.2) is 0 Å². The molecule has 0 spiro atoms. The Morgan fingerprint density at radius 3 is 2.50 bits per heavy atom. The van der Waals surface area contributed by atoms with Crippen LogP contribution in [-0.4, -0.2) is 36.0 Å². The van der Waals surface area contributed by atoms with Crippen molar-refractivity contribution in [2.24, 2.45) is 0 Å². The summed E-state index contributed by atoms with van der Waals surface area (Å²) in [5.74, 6) is 0.256. The first-order chi connectivity index (χ1) is 5.79. The lowest BCUT2D eigenvalue weighted by Crippen LogP contribution is -2.41. The number of nitrogens with zero attached hydrogens (tertiary/aromatic N) is 1. The molecule has 0 aromatic rings. The molecule has 1 atom stereocenters. The number of hydrogen-bond acceptors (Lipinski definition) is 2. The number of rotatable bonds is 2. The molecule has 0 aromatic carbocycles. The standard InChI is InChI=1S/C9H16N2O/c1-7(12)11(8-2-3-8)9-4-5-10-6-9/h8-10H,2-6H2,1H3/t9-/m1/s1. The summed E-state index contributed by atoms with van der Waals surface area (Å²) in [7, 11) is 0. The zero-order valence-corrected chi connectivity index (χ0v) is 7.55. The molecule has 1 amide bonds. The average Bonchev–Trinajstić information content (AvgIpc) is 2.65. The summed E-state index contributed by atoms with van der Waals surface area (Å²) in [5.41, 5.74) is 0. The quantitative estimate of drug-likeness (QED) is 0.645. The van der Waals surface area contributed by atoms with Gasteiger partial charge >= 0.3 is 0 Å². The minimum absolute atomic E-state index is 0.256. The Kier molecular flexibility index (Phi) is 2.05. The van der Waals surface area contributed by atoms with Crippen LogP contribution >= 0.6 is 0 Å². The van der Waals surface area contributed by atoms with E-state index in [0.717, 1.165) is 19.5 Å². The molecule has 0 bridgehead atoms. The van der Waals surface area contributed by atoms with Crippen molar-refractivity contribution in [2.75, 3.05) is 13.1 Å². The highest BCUT2D eigenvalue weighted by molar-refractivity contribution is 5.74. The fraction of sp³-hybridized carbons (Fsp3) is 0.889. The van der Waals surface area contributed by atoms with Gasteiger partial charge in [-0.05, 0) is 25.8 Å². The Morgan fingerprint density at radius 1 is 1.33 bits per heavy atom. The van der Waals surface area contributed by atoms with Crippen molar-refractivity contribution in [3.8, 4) is 0 Å². The molecule has 2 rings (SSSR count). The van der Waals surface area contributed by atoms with Crippen LogP contribution in [0.4, 0.5) is 0 Å². The van der Waals surface area contributed by atoms with Crippen molar-refractivity contribution < 1.29 is 4.79 Å². The van der Waals surface area contributed by atoms with Gasteiger partial charge in [-0.25, -0.2) is 0 Å². The number of hydrogen-bond donors (Lipinski definition) is 1. The first-order valence-electron chi connectivity index (χ1n) is 4.78. The highest BCUT2D eigenvalue weighted by atomic mass is 16.2. The molecule has 1 heterocycles. The van der Waals surface area contributed by atoms with Crippen molar-refractivity contribution in [1.29, 1.82) is 0 Å². The topological polar surface area (TPSA) is 32.3 Å². The highest BCUT2D eigenvalue weighted by Gasteiger charge is 2.36. The van der Waals surface area contributed by atoms with E-state index in [9.17, 15) is 4.79 Å². The largest absolute Gasteiger partial charge is 0.336 e. The maximum Gasteiger partial charge on any atom is 0.219 e. The molecule has 1 saturated heterocycles. The van der Waals surface area contributed by atoms with E-state index >= 15 is 0 Å². The van der Waals surface area contributed by atoms with Crippen LogP contribution in [-0.2, 0) is 4.79 Å². The molecular weight excluding hydrogens is 152 g/mol. The number of carbonyl (C=O) groups excluding carboxylic acids is 1. The van der Waals surface area contributed by atoms with Gasteiger partial charge in [0.05, 0.1) is 0 Å². The predicted octanol–water partition coefficient (Wildman–Crippen LogP) is 0.359. The maximum atomic E-state index is 11.3. The van der Waals surface area contributed by atoms with Gasteiger partial charge in [0.2, 0.25) is 5.91 Å². The first kappa shape index (κ1) is 8.05. The van der Waals surface area contributed by atoms with Gasteiger partial charge in [0.1, 0.15) is 0 Å². The van der Waals surface area contributed by atoms with Gasteiger partial charge in [-0.3, -0.25) is 4.79 Å². The molecule has 1 aliphatic carbocycles. The third-order valence-electron chi connectivity index (χ3n) is 2.73. The fourth-order valence-electron chi connectivity index (χ4n) is 2.04. The van der Waals surface area contributed by atoms with Crippen molar-refractivity contribution in [1.82, 2.24) is 10.2 Å². The molecule has 3 heteroatoms. The van der Waals surface area contributed by atoms with Crippen LogP contribution < -0.4 is 5.32 Å². The van der Waals surface area contributed by atoms with E-state index in [0.29, 0.717) is 12.1 Å². The third kappa shape index (κ3) is 1.46. The van der Waals surface area contributed by atoms with Gasteiger partial charge in [-0.15, -0.1) is 0 Å². The van der Waals surface area contributed by atoms with Crippen LogP contribution in [0.25, 0.3) is 0 Å². The van der Waals surface area contributed by atoms with Crippen LogP contribution in [0.2, 0.25) is 0 Å². The summed E-state index contributed by atoms with van der Waals surface area (Å²) in [6.45, 7) is 3.76. The number of carbonyl (C=O) groups is 1. The summed E-state index contributed by atoms with van der Waals surface area (Å²) < 4.78 is 0. The van der Waals surface area contributed by atoms with E-state index in [4.69, 9.17) is 0 Å². The van der Waals surface area contributed by atoms with E-state index in [2.05, 4.69) is 10.2 Å². The SMILES string of the molecule is CC(=O)N(C1CC1)[C@@H]1CCNC1. The van der Waals surface area contributed by atoms with Crippen LogP contribution in [0, 0.1) is 0 Å². The molecule has 68 valence electrons. The fourth-order valence-corrected chi connectivity index (χ4v) is 2.04. The second-order valence-electron chi connectivity index (χ2n) is 3.80. The van der Waals surface area contributed by atoms with E-state index in [1.54, 1.807) is 6.92 Å². The summed E-state index contributed by atoms with van der Waals surface area (Å²) in [5, 5.41) is 3.30. The van der Waals surface area contributed by atoms with Crippen LogP contribution in [0.5, 0.6) is 0 Å². The first-order valence-corrected chi connectivity index (χ1v) is 4.78. The summed E-state index contributed by atoms with van der Waals surface area (Å²) in [6.07, 6.45) is 3.57. The van der Waals surface area contributed by atoms with Crippen molar-refractivity contribution >= 4 is 5.91 Å². The summed E-state index contributed by atoms with van der Waals surface area (Å²) >= 11 is 0. The van der Waals surface area contributed by atoms with Gasteiger partial charge < -0.3 is 10.2 Å². The highest BCUT2D eigenvalue weighted by Crippen LogP contribution is 2.30. The Morgan fingerprint density at radius 2 is 2.08 bits per heavy atom. The molecular formula is C9H16N2O. The summed E-state index contributed by atoms with van der Waals surface area (Å²) in [6, 6.07) is 1.06. The zero-order chi connectivity index (χ0) is 8.55. The van der Waals surface area contributed by atoms with E-state index < -0.39 is 0 Å². The Balaban J connectivity index is 1.99. The Bertz CT molecular complexity index is 183. The maximum absolute atomic E-state index is 11.3. The second-order valence-corrected chi connectivity index (χ2v) is 3.80. The Labute approximate surface area is 73.1 Å². The number of amides is 1. The zero-order valence-electron chi connectivity index (χ0n) is 7.55. The minimum Gasteiger partial charge on any atom is -0.336 e. The average molecular weight is 168 g/mol. The van der Waals surface area contributed by atoms with E-state index in [-0.39, 0.29) is 5.91 Å². The third-order valence-corrected chi connectivity index (χ3v) is 2.73. The summed E-state index contributed by atoms with van der Waals surface area (Å²) in [4.78, 5) is 13.4. The number of nitrogens with one attached hydrogen (secondary N) is 1. The lowest BCUT2D eigenvalue weighted by atomic mass is 10.2. The van der Waals surface area contributed by atoms with Gasteiger partial charge in [0.15, 0.2) is 0 Å². The molecule has 12 heavy (non-hydrogen) atoms. The molecule has 3 nitrogen and oxygen atoms in total. The molecule has 2 fully saturated rings. The smallest absolute Gasteiger partial charge is 0.219 e.